The Morgan fingerprint density at radius 3 is 2.50 bits per heavy atom. The number of thiazole rings is 1. The highest BCUT2D eigenvalue weighted by Gasteiger charge is 2.08. The van der Waals surface area contributed by atoms with Crippen LogP contribution in [0.15, 0.2) is 48.5 Å². The van der Waals surface area contributed by atoms with Crippen LogP contribution >= 0.6 is 11.3 Å². The zero-order valence-electron chi connectivity index (χ0n) is 14.7. The Bertz CT molecular complexity index is 813. The van der Waals surface area contributed by atoms with Crippen molar-refractivity contribution >= 4 is 32.6 Å². The highest BCUT2D eigenvalue weighted by atomic mass is 32.1. The van der Waals surface area contributed by atoms with Crippen LogP contribution in [0, 0.1) is 0 Å². The van der Waals surface area contributed by atoms with Crippen molar-refractivity contribution in [2.75, 3.05) is 18.5 Å². The number of unbranched alkanes of at least 4 members (excludes halogenated alkanes) is 2. The van der Waals surface area contributed by atoms with Gasteiger partial charge < -0.3 is 9.47 Å². The quantitative estimate of drug-likeness (QED) is 0.545. The molecule has 0 unspecified atom stereocenters. The molecule has 0 spiro atoms. The molecule has 1 N–H and O–H groups in total. The van der Waals surface area contributed by atoms with Crippen LogP contribution in [0.4, 0.5) is 5.13 Å². The highest BCUT2D eigenvalue weighted by molar-refractivity contribution is 7.22. The summed E-state index contributed by atoms with van der Waals surface area (Å²) in [6, 6.07) is 15.1. The number of aromatic nitrogens is 1. The van der Waals surface area contributed by atoms with E-state index in [1.807, 2.05) is 36.4 Å². The fraction of sp³-hybridized carbons (Fsp3) is 0.300. The van der Waals surface area contributed by atoms with E-state index in [4.69, 9.17) is 9.47 Å². The lowest BCUT2D eigenvalue weighted by Gasteiger charge is -2.08. The molecule has 0 saturated carbocycles. The summed E-state index contributed by atoms with van der Waals surface area (Å²) >= 11 is 1.45. The molecule has 0 aliphatic heterocycles. The summed E-state index contributed by atoms with van der Waals surface area (Å²) in [6.45, 7) is 2.82. The van der Waals surface area contributed by atoms with Gasteiger partial charge in [0.05, 0.1) is 16.8 Å². The van der Waals surface area contributed by atoms with Gasteiger partial charge in [-0.3, -0.25) is 10.1 Å². The SMILES string of the molecule is CCCCCOc1ccc(OCC(=O)Nc2nc3ccccc3s2)cc1. The summed E-state index contributed by atoms with van der Waals surface area (Å²) < 4.78 is 12.2. The first-order chi connectivity index (χ1) is 12.7. The van der Waals surface area contributed by atoms with Gasteiger partial charge in [0.25, 0.3) is 5.91 Å². The molecule has 2 aromatic carbocycles. The Kier molecular flexibility index (Phi) is 6.44. The number of para-hydroxylation sites is 1. The molecule has 1 amide bonds. The molecule has 3 aromatic rings. The van der Waals surface area contributed by atoms with E-state index in [1.54, 1.807) is 12.1 Å². The normalized spacial score (nSPS) is 10.7. The first-order valence-corrected chi connectivity index (χ1v) is 9.57. The molecular weight excluding hydrogens is 348 g/mol. The predicted molar refractivity (Wildman–Crippen MR) is 105 cm³/mol. The van der Waals surface area contributed by atoms with E-state index in [2.05, 4.69) is 17.2 Å². The number of benzene rings is 2. The largest absolute Gasteiger partial charge is 0.494 e. The number of nitrogens with zero attached hydrogens (tertiary/aromatic N) is 1. The van der Waals surface area contributed by atoms with Gasteiger partial charge in [-0.25, -0.2) is 4.98 Å². The summed E-state index contributed by atoms with van der Waals surface area (Å²) in [5.74, 6) is 1.21. The number of anilines is 1. The van der Waals surface area contributed by atoms with Crippen molar-refractivity contribution in [1.82, 2.24) is 4.98 Å². The van der Waals surface area contributed by atoms with Crippen LogP contribution in [0.25, 0.3) is 10.2 Å². The maximum absolute atomic E-state index is 12.0. The zero-order valence-corrected chi connectivity index (χ0v) is 15.6. The number of amides is 1. The molecule has 0 radical (unpaired) electrons. The van der Waals surface area contributed by atoms with E-state index in [-0.39, 0.29) is 12.5 Å². The average Bonchev–Trinajstić information content (AvgIpc) is 3.06. The third-order valence-electron chi connectivity index (χ3n) is 3.75. The van der Waals surface area contributed by atoms with Gasteiger partial charge in [0, 0.05) is 0 Å². The van der Waals surface area contributed by atoms with Crippen molar-refractivity contribution in [1.29, 1.82) is 0 Å². The topological polar surface area (TPSA) is 60.5 Å². The number of hydrogen-bond acceptors (Lipinski definition) is 5. The summed E-state index contributed by atoms with van der Waals surface area (Å²) in [6.07, 6.45) is 3.40. The third-order valence-corrected chi connectivity index (χ3v) is 4.70. The first kappa shape index (κ1) is 18.2. The Labute approximate surface area is 157 Å². The monoisotopic (exact) mass is 370 g/mol. The van der Waals surface area contributed by atoms with Crippen LogP contribution in [0.5, 0.6) is 11.5 Å². The van der Waals surface area contributed by atoms with Crippen molar-refractivity contribution in [3.05, 3.63) is 48.5 Å². The average molecular weight is 370 g/mol. The fourth-order valence-corrected chi connectivity index (χ4v) is 3.29. The number of carbonyl (C=O) groups is 1. The van der Waals surface area contributed by atoms with Crippen molar-refractivity contribution in [2.45, 2.75) is 26.2 Å². The maximum Gasteiger partial charge on any atom is 0.264 e. The predicted octanol–water partition coefficient (Wildman–Crippen LogP) is 4.88. The van der Waals surface area contributed by atoms with Gasteiger partial charge in [-0.2, -0.15) is 0 Å². The lowest BCUT2D eigenvalue weighted by molar-refractivity contribution is -0.118. The molecule has 6 heteroatoms. The van der Waals surface area contributed by atoms with Gasteiger partial charge in [0.15, 0.2) is 11.7 Å². The molecule has 1 heterocycles. The molecule has 5 nitrogen and oxygen atoms in total. The van der Waals surface area contributed by atoms with Crippen LogP contribution in [-0.4, -0.2) is 24.1 Å². The van der Waals surface area contributed by atoms with Gasteiger partial charge >= 0.3 is 0 Å². The summed E-state index contributed by atoms with van der Waals surface area (Å²) in [5.41, 5.74) is 0.878. The van der Waals surface area contributed by atoms with E-state index in [0.717, 1.165) is 29.0 Å². The molecule has 0 aliphatic rings. The second kappa shape index (κ2) is 9.20. The van der Waals surface area contributed by atoms with E-state index < -0.39 is 0 Å². The molecule has 1 aromatic heterocycles. The first-order valence-electron chi connectivity index (χ1n) is 8.75. The van der Waals surface area contributed by atoms with Gasteiger partial charge in [-0.15, -0.1) is 0 Å². The minimum absolute atomic E-state index is 0.0629. The molecule has 26 heavy (non-hydrogen) atoms. The van der Waals surface area contributed by atoms with Gasteiger partial charge in [-0.05, 0) is 42.8 Å². The van der Waals surface area contributed by atoms with E-state index in [1.165, 1.54) is 24.2 Å². The minimum atomic E-state index is -0.232. The lowest BCUT2D eigenvalue weighted by atomic mass is 10.3. The Morgan fingerprint density at radius 2 is 1.77 bits per heavy atom. The number of ether oxygens (including phenoxy) is 2. The molecule has 0 atom stereocenters. The second-order valence-electron chi connectivity index (χ2n) is 5.85. The Balaban J connectivity index is 1.45. The van der Waals surface area contributed by atoms with Crippen molar-refractivity contribution < 1.29 is 14.3 Å². The number of nitrogens with one attached hydrogen (secondary N) is 1. The fourth-order valence-electron chi connectivity index (χ4n) is 2.40. The van der Waals surface area contributed by atoms with Crippen molar-refractivity contribution in [3.63, 3.8) is 0 Å². The van der Waals surface area contributed by atoms with E-state index in [0.29, 0.717) is 10.9 Å². The molecule has 0 saturated heterocycles. The molecule has 0 aliphatic carbocycles. The van der Waals surface area contributed by atoms with Gasteiger partial charge in [0.2, 0.25) is 0 Å². The second-order valence-corrected chi connectivity index (χ2v) is 6.88. The van der Waals surface area contributed by atoms with Crippen LogP contribution in [0.1, 0.15) is 26.2 Å². The number of hydrogen-bond donors (Lipinski definition) is 1. The lowest BCUT2D eigenvalue weighted by Crippen LogP contribution is -2.19. The summed E-state index contributed by atoms with van der Waals surface area (Å²) in [5, 5.41) is 3.35. The molecule has 0 bridgehead atoms. The van der Waals surface area contributed by atoms with Crippen LogP contribution in [0.2, 0.25) is 0 Å². The highest BCUT2D eigenvalue weighted by Crippen LogP contribution is 2.25. The molecular formula is C20H22N2O3S. The maximum atomic E-state index is 12.0. The van der Waals surface area contributed by atoms with Crippen molar-refractivity contribution in [3.8, 4) is 11.5 Å². The number of carbonyl (C=O) groups excluding carboxylic acids is 1. The third kappa shape index (κ3) is 5.20. The minimum Gasteiger partial charge on any atom is -0.494 e. The zero-order chi connectivity index (χ0) is 18.2. The number of fused-ring (bicyclic) bond motifs is 1. The summed E-state index contributed by atoms with van der Waals surface area (Å²) in [7, 11) is 0. The standard InChI is InChI=1S/C20H22N2O3S/c1-2-3-6-13-24-15-9-11-16(12-10-15)25-14-19(23)22-20-21-17-7-4-5-8-18(17)26-20/h4-5,7-12H,2-3,6,13-14H2,1H3,(H,21,22,23). The van der Waals surface area contributed by atoms with E-state index in [9.17, 15) is 4.79 Å². The van der Waals surface area contributed by atoms with E-state index >= 15 is 0 Å². The Hall–Kier alpha value is -2.60. The van der Waals surface area contributed by atoms with Crippen LogP contribution in [0.3, 0.4) is 0 Å². The van der Waals surface area contributed by atoms with Gasteiger partial charge in [0.1, 0.15) is 11.5 Å². The molecule has 136 valence electrons. The number of rotatable bonds is 9. The summed E-state index contributed by atoms with van der Waals surface area (Å²) in [4.78, 5) is 16.4. The van der Waals surface area contributed by atoms with Gasteiger partial charge in [-0.1, -0.05) is 43.2 Å². The smallest absolute Gasteiger partial charge is 0.264 e. The Morgan fingerprint density at radius 1 is 1.04 bits per heavy atom. The van der Waals surface area contributed by atoms with Crippen molar-refractivity contribution in [2.24, 2.45) is 0 Å². The van der Waals surface area contributed by atoms with Crippen LogP contribution < -0.4 is 14.8 Å². The molecule has 3 rings (SSSR count). The molecule has 0 fully saturated rings. The van der Waals surface area contributed by atoms with Crippen LogP contribution in [-0.2, 0) is 4.79 Å².